The van der Waals surface area contributed by atoms with Gasteiger partial charge in [-0.2, -0.15) is 4.80 Å². The van der Waals surface area contributed by atoms with Gasteiger partial charge in [-0.05, 0) is 36.6 Å². The van der Waals surface area contributed by atoms with Gasteiger partial charge in [-0.25, -0.2) is 13.1 Å². The van der Waals surface area contributed by atoms with Crippen molar-refractivity contribution in [2.45, 2.75) is 25.4 Å². The zero-order valence-corrected chi connectivity index (χ0v) is 12.5. The summed E-state index contributed by atoms with van der Waals surface area (Å²) >= 11 is 0. The van der Waals surface area contributed by atoms with Gasteiger partial charge in [0.15, 0.2) is 0 Å². The third-order valence-electron chi connectivity index (χ3n) is 2.91. The summed E-state index contributed by atoms with van der Waals surface area (Å²) in [5.74, 6) is 0. The Morgan fingerprint density at radius 1 is 1.30 bits per heavy atom. The summed E-state index contributed by atoms with van der Waals surface area (Å²) in [5.41, 5.74) is 3.46. The van der Waals surface area contributed by atoms with Crippen molar-refractivity contribution < 1.29 is 8.42 Å². The summed E-state index contributed by atoms with van der Waals surface area (Å²) in [6.45, 7) is 4.34. The van der Waals surface area contributed by atoms with Crippen molar-refractivity contribution in [2.24, 2.45) is 7.05 Å². The van der Waals surface area contributed by atoms with Gasteiger partial charge in [0.1, 0.15) is 0 Å². The van der Waals surface area contributed by atoms with Crippen LogP contribution in [0.5, 0.6) is 0 Å². The van der Waals surface area contributed by atoms with Gasteiger partial charge in [0.05, 0.1) is 7.05 Å². The number of rotatable bonds is 5. The average Bonchev–Trinajstić information content (AvgIpc) is 2.79. The summed E-state index contributed by atoms with van der Waals surface area (Å²) in [5, 5.41) is 10.4. The second kappa shape index (κ2) is 5.68. The molecule has 1 aromatic heterocycles. The first-order valence-electron chi connectivity index (χ1n) is 6.18. The van der Waals surface area contributed by atoms with Crippen LogP contribution in [0.15, 0.2) is 23.4 Å². The number of hydrogen-bond acceptors (Lipinski definition) is 5. The third kappa shape index (κ3) is 3.40. The van der Waals surface area contributed by atoms with Crippen molar-refractivity contribution in [3.05, 3.63) is 34.9 Å². The minimum atomic E-state index is -3.69. The van der Waals surface area contributed by atoms with Crippen LogP contribution in [0.2, 0.25) is 0 Å². The lowest BCUT2D eigenvalue weighted by Crippen LogP contribution is -2.27. The molecule has 7 nitrogen and oxygen atoms in total. The molecule has 0 fully saturated rings. The van der Waals surface area contributed by atoms with Crippen LogP contribution in [0.3, 0.4) is 0 Å². The predicted octanol–water partition coefficient (Wildman–Crippen LogP) is 0.348. The van der Waals surface area contributed by atoms with E-state index in [0.717, 1.165) is 15.9 Å². The Balaban J connectivity index is 1.99. The lowest BCUT2D eigenvalue weighted by molar-refractivity contribution is 0.569. The predicted molar refractivity (Wildman–Crippen MR) is 73.6 cm³/mol. The van der Waals surface area contributed by atoms with Gasteiger partial charge in [-0.15, -0.1) is 5.10 Å². The molecule has 2 rings (SSSR count). The van der Waals surface area contributed by atoms with Gasteiger partial charge in [-0.3, -0.25) is 0 Å². The molecule has 0 saturated carbocycles. The van der Waals surface area contributed by atoms with Gasteiger partial charge >= 0.3 is 5.16 Å². The summed E-state index contributed by atoms with van der Waals surface area (Å²) in [7, 11) is -2.17. The van der Waals surface area contributed by atoms with Gasteiger partial charge < -0.3 is 0 Å². The summed E-state index contributed by atoms with van der Waals surface area (Å²) in [4.78, 5) is 1.11. The molecule has 108 valence electrons. The van der Waals surface area contributed by atoms with Crippen LogP contribution in [0, 0.1) is 13.8 Å². The SMILES string of the molecule is Cc1ccc(CCNS(=O)(=O)c2nnn(C)n2)c(C)c1. The highest BCUT2D eigenvalue weighted by atomic mass is 32.2. The van der Waals surface area contributed by atoms with E-state index in [-0.39, 0.29) is 5.16 Å². The number of hydrogen-bond donors (Lipinski definition) is 1. The quantitative estimate of drug-likeness (QED) is 0.859. The molecule has 0 atom stereocenters. The Morgan fingerprint density at radius 3 is 2.65 bits per heavy atom. The van der Waals surface area contributed by atoms with E-state index in [4.69, 9.17) is 0 Å². The summed E-state index contributed by atoms with van der Waals surface area (Å²) in [6, 6.07) is 6.11. The van der Waals surface area contributed by atoms with Crippen molar-refractivity contribution in [1.82, 2.24) is 24.9 Å². The molecule has 1 aromatic carbocycles. The Kier molecular flexibility index (Phi) is 4.15. The number of sulfonamides is 1. The standard InChI is InChI=1S/C12H17N5O2S/c1-9-4-5-11(10(2)8-9)6-7-13-20(18,19)12-14-16-17(3)15-12/h4-5,8,13H,6-7H2,1-3H3. The number of benzene rings is 1. The third-order valence-corrected chi connectivity index (χ3v) is 4.14. The van der Waals surface area contributed by atoms with Crippen LogP contribution in [0.25, 0.3) is 0 Å². The highest BCUT2D eigenvalue weighted by Gasteiger charge is 2.19. The van der Waals surface area contributed by atoms with E-state index in [9.17, 15) is 8.42 Å². The smallest absolute Gasteiger partial charge is 0.208 e. The zero-order chi connectivity index (χ0) is 14.8. The molecule has 0 spiro atoms. The number of aromatic nitrogens is 4. The van der Waals surface area contributed by atoms with E-state index in [0.29, 0.717) is 13.0 Å². The number of nitrogens with zero attached hydrogens (tertiary/aromatic N) is 4. The lowest BCUT2D eigenvalue weighted by atomic mass is 10.0. The first-order chi connectivity index (χ1) is 9.38. The Bertz CT molecular complexity index is 708. The van der Waals surface area contributed by atoms with Crippen LogP contribution < -0.4 is 4.72 Å². The number of aryl methyl sites for hydroxylation is 3. The Morgan fingerprint density at radius 2 is 2.05 bits per heavy atom. The molecule has 1 N–H and O–H groups in total. The van der Waals surface area contributed by atoms with Crippen LogP contribution in [0.4, 0.5) is 0 Å². The second-order valence-electron chi connectivity index (χ2n) is 4.64. The minimum Gasteiger partial charge on any atom is -0.208 e. The maximum atomic E-state index is 11.9. The van der Waals surface area contributed by atoms with Crippen LogP contribution >= 0.6 is 0 Å². The maximum absolute atomic E-state index is 11.9. The van der Waals surface area contributed by atoms with E-state index in [2.05, 4.69) is 26.2 Å². The lowest BCUT2D eigenvalue weighted by Gasteiger charge is -2.07. The van der Waals surface area contributed by atoms with Gasteiger partial charge in [0.25, 0.3) is 10.0 Å². The molecule has 0 aliphatic carbocycles. The first-order valence-corrected chi connectivity index (χ1v) is 7.66. The Labute approximate surface area is 118 Å². The normalized spacial score (nSPS) is 11.8. The highest BCUT2D eigenvalue weighted by Crippen LogP contribution is 2.11. The van der Waals surface area contributed by atoms with Gasteiger partial charge in [0.2, 0.25) is 0 Å². The molecule has 0 saturated heterocycles. The van der Waals surface area contributed by atoms with Crippen LogP contribution in [0.1, 0.15) is 16.7 Å². The molecule has 2 aromatic rings. The van der Waals surface area contributed by atoms with Crippen LogP contribution in [-0.4, -0.2) is 35.2 Å². The van der Waals surface area contributed by atoms with E-state index in [1.54, 1.807) is 0 Å². The molecule has 0 unspecified atom stereocenters. The van der Waals surface area contributed by atoms with Crippen molar-refractivity contribution in [1.29, 1.82) is 0 Å². The zero-order valence-electron chi connectivity index (χ0n) is 11.7. The fourth-order valence-corrected chi connectivity index (χ4v) is 2.75. The van der Waals surface area contributed by atoms with Crippen LogP contribution in [-0.2, 0) is 23.5 Å². The molecular formula is C12H17N5O2S. The van der Waals surface area contributed by atoms with Crippen molar-refractivity contribution in [2.75, 3.05) is 6.54 Å². The first kappa shape index (κ1) is 14.6. The molecule has 20 heavy (non-hydrogen) atoms. The highest BCUT2D eigenvalue weighted by molar-refractivity contribution is 7.89. The molecule has 0 aliphatic rings. The molecule has 0 radical (unpaired) electrons. The molecule has 1 heterocycles. The molecule has 0 aliphatic heterocycles. The monoisotopic (exact) mass is 295 g/mol. The number of nitrogens with one attached hydrogen (secondary N) is 1. The van der Waals surface area contributed by atoms with Crippen molar-refractivity contribution in [3.63, 3.8) is 0 Å². The summed E-state index contributed by atoms with van der Waals surface area (Å²) < 4.78 is 26.2. The molecule has 0 bridgehead atoms. The minimum absolute atomic E-state index is 0.296. The van der Waals surface area contributed by atoms with Gasteiger partial charge in [0, 0.05) is 6.54 Å². The average molecular weight is 295 g/mol. The van der Waals surface area contributed by atoms with Crippen molar-refractivity contribution in [3.8, 4) is 0 Å². The molecule has 0 amide bonds. The van der Waals surface area contributed by atoms with E-state index in [1.165, 1.54) is 12.6 Å². The Hall–Kier alpha value is -1.80. The van der Waals surface area contributed by atoms with Gasteiger partial charge in [-0.1, -0.05) is 28.9 Å². The van der Waals surface area contributed by atoms with E-state index in [1.807, 2.05) is 26.0 Å². The molecular weight excluding hydrogens is 278 g/mol. The summed E-state index contributed by atoms with van der Waals surface area (Å²) in [6.07, 6.45) is 0.617. The maximum Gasteiger partial charge on any atom is 0.303 e. The fraction of sp³-hybridized carbons (Fsp3) is 0.417. The van der Waals surface area contributed by atoms with E-state index < -0.39 is 10.0 Å². The second-order valence-corrected chi connectivity index (χ2v) is 6.30. The topological polar surface area (TPSA) is 89.8 Å². The largest absolute Gasteiger partial charge is 0.303 e. The molecule has 8 heteroatoms. The number of tetrazole rings is 1. The van der Waals surface area contributed by atoms with E-state index >= 15 is 0 Å². The fourth-order valence-electron chi connectivity index (χ4n) is 1.89. The van der Waals surface area contributed by atoms with Crippen molar-refractivity contribution >= 4 is 10.0 Å².